The zero-order chi connectivity index (χ0) is 17.6. The van der Waals surface area contributed by atoms with Crippen LogP contribution in [-0.4, -0.2) is 34.6 Å². The molecule has 0 aliphatic rings. The van der Waals surface area contributed by atoms with Gasteiger partial charge in [0, 0.05) is 23.7 Å². The second-order valence-corrected chi connectivity index (χ2v) is 6.16. The van der Waals surface area contributed by atoms with E-state index in [1.165, 1.54) is 18.1 Å². The van der Waals surface area contributed by atoms with Crippen LogP contribution in [0.2, 0.25) is 0 Å². The Morgan fingerprint density at radius 3 is 2.76 bits per heavy atom. The molecule has 7 heteroatoms. The van der Waals surface area contributed by atoms with Gasteiger partial charge in [0.05, 0.1) is 11.3 Å². The number of para-hydroxylation sites is 1. The fourth-order valence-corrected chi connectivity index (χ4v) is 3.10. The van der Waals surface area contributed by atoms with Gasteiger partial charge in [-0.1, -0.05) is 36.0 Å². The molecular weight excluding hydrogens is 336 g/mol. The molecule has 0 saturated carbocycles. The number of hydrogen-bond donors (Lipinski definition) is 2. The van der Waals surface area contributed by atoms with Crippen LogP contribution < -0.4 is 10.6 Å². The summed E-state index contributed by atoms with van der Waals surface area (Å²) >= 11 is 1.35. The third-order valence-electron chi connectivity index (χ3n) is 3.48. The summed E-state index contributed by atoms with van der Waals surface area (Å²) in [6, 6.07) is 14.5. The molecule has 2 amide bonds. The Balaban J connectivity index is 1.66. The zero-order valence-electron chi connectivity index (χ0n) is 13.5. The summed E-state index contributed by atoms with van der Waals surface area (Å²) in [5.74, 6) is -0.148. The minimum absolute atomic E-state index is 0.165. The van der Waals surface area contributed by atoms with Crippen LogP contribution in [0.1, 0.15) is 10.4 Å². The summed E-state index contributed by atoms with van der Waals surface area (Å²) in [6.07, 6.45) is 1.50. The number of hydrogen-bond acceptors (Lipinski definition) is 5. The smallest absolute Gasteiger partial charge is 0.251 e. The minimum Gasteiger partial charge on any atom is -0.355 e. The predicted octanol–water partition coefficient (Wildman–Crippen LogP) is 2.72. The topological polar surface area (TPSA) is 84.0 Å². The molecule has 2 aromatic carbocycles. The molecule has 3 aromatic rings. The highest BCUT2D eigenvalue weighted by atomic mass is 32.2. The third-order valence-corrected chi connectivity index (χ3v) is 4.49. The molecule has 1 heterocycles. The van der Waals surface area contributed by atoms with E-state index in [-0.39, 0.29) is 17.6 Å². The van der Waals surface area contributed by atoms with Crippen molar-refractivity contribution in [3.8, 4) is 0 Å². The molecule has 0 aliphatic heterocycles. The van der Waals surface area contributed by atoms with Gasteiger partial charge in [0.2, 0.25) is 5.91 Å². The molecule has 0 atom stereocenters. The summed E-state index contributed by atoms with van der Waals surface area (Å²) in [5, 5.41) is 7.04. The van der Waals surface area contributed by atoms with Gasteiger partial charge in [-0.15, -0.1) is 0 Å². The van der Waals surface area contributed by atoms with Crippen LogP contribution in [-0.2, 0) is 4.79 Å². The van der Waals surface area contributed by atoms with Crippen LogP contribution in [0.5, 0.6) is 0 Å². The van der Waals surface area contributed by atoms with Crippen LogP contribution in [0.3, 0.4) is 0 Å². The van der Waals surface area contributed by atoms with Crippen LogP contribution in [0, 0.1) is 0 Å². The van der Waals surface area contributed by atoms with Crippen molar-refractivity contribution < 1.29 is 9.59 Å². The highest BCUT2D eigenvalue weighted by molar-refractivity contribution is 8.00. The second kappa shape index (κ2) is 7.76. The average Bonchev–Trinajstić information content (AvgIpc) is 2.66. The van der Waals surface area contributed by atoms with E-state index in [0.29, 0.717) is 11.3 Å². The van der Waals surface area contributed by atoms with Crippen molar-refractivity contribution in [2.75, 3.05) is 18.1 Å². The Bertz CT molecular complexity index is 924. The van der Waals surface area contributed by atoms with Gasteiger partial charge in [-0.05, 0) is 24.3 Å². The molecule has 25 heavy (non-hydrogen) atoms. The van der Waals surface area contributed by atoms with E-state index < -0.39 is 0 Å². The standard InChI is InChI=1S/C18H16N4O2S/c1-19-17(24)12-5-4-6-13(9-12)22-16(23)10-25-18-14-7-2-3-8-15(14)20-11-21-18/h2-9,11H,10H2,1H3,(H,19,24)(H,22,23). The summed E-state index contributed by atoms with van der Waals surface area (Å²) < 4.78 is 0. The molecule has 0 bridgehead atoms. The molecule has 0 spiro atoms. The first kappa shape index (κ1) is 16.9. The summed E-state index contributed by atoms with van der Waals surface area (Å²) in [6.45, 7) is 0. The van der Waals surface area contributed by atoms with E-state index in [9.17, 15) is 9.59 Å². The number of nitrogens with zero attached hydrogens (tertiary/aromatic N) is 2. The molecule has 0 radical (unpaired) electrons. The van der Waals surface area contributed by atoms with Crippen molar-refractivity contribution in [2.45, 2.75) is 5.03 Å². The molecule has 2 N–H and O–H groups in total. The number of rotatable bonds is 5. The molecule has 0 aliphatic carbocycles. The maximum Gasteiger partial charge on any atom is 0.251 e. The maximum absolute atomic E-state index is 12.2. The number of benzene rings is 2. The predicted molar refractivity (Wildman–Crippen MR) is 98.7 cm³/mol. The number of thioether (sulfide) groups is 1. The molecule has 126 valence electrons. The largest absolute Gasteiger partial charge is 0.355 e. The lowest BCUT2D eigenvalue weighted by Crippen LogP contribution is -2.19. The van der Waals surface area contributed by atoms with Crippen LogP contribution in [0.25, 0.3) is 10.9 Å². The zero-order valence-corrected chi connectivity index (χ0v) is 14.3. The van der Waals surface area contributed by atoms with Gasteiger partial charge < -0.3 is 10.6 Å². The SMILES string of the molecule is CNC(=O)c1cccc(NC(=O)CSc2ncnc3ccccc23)c1. The molecule has 0 unspecified atom stereocenters. The lowest BCUT2D eigenvalue weighted by atomic mass is 10.2. The van der Waals surface area contributed by atoms with Crippen LogP contribution >= 0.6 is 11.8 Å². The van der Waals surface area contributed by atoms with Gasteiger partial charge in [0.1, 0.15) is 11.4 Å². The molecule has 0 fully saturated rings. The number of carbonyl (C=O) groups is 2. The number of aromatic nitrogens is 2. The van der Waals surface area contributed by atoms with Crippen LogP contribution in [0.15, 0.2) is 59.9 Å². The number of anilines is 1. The molecule has 0 saturated heterocycles. The number of nitrogens with one attached hydrogen (secondary N) is 2. The number of fused-ring (bicyclic) bond motifs is 1. The molecular formula is C18H16N4O2S. The highest BCUT2D eigenvalue weighted by Crippen LogP contribution is 2.24. The summed E-state index contributed by atoms with van der Waals surface area (Å²) in [4.78, 5) is 32.3. The lowest BCUT2D eigenvalue weighted by Gasteiger charge is -2.07. The van der Waals surface area contributed by atoms with Gasteiger partial charge in [0.15, 0.2) is 0 Å². The summed E-state index contributed by atoms with van der Waals surface area (Å²) in [7, 11) is 1.57. The first-order valence-electron chi connectivity index (χ1n) is 7.62. The van der Waals surface area contributed by atoms with Gasteiger partial charge in [-0.2, -0.15) is 0 Å². The van der Waals surface area contributed by atoms with Crippen LogP contribution in [0.4, 0.5) is 5.69 Å². The van der Waals surface area contributed by atoms with Crippen molar-refractivity contribution in [2.24, 2.45) is 0 Å². The Labute approximate surface area is 149 Å². The molecule has 1 aromatic heterocycles. The van der Waals surface area contributed by atoms with Crippen molar-refractivity contribution in [1.82, 2.24) is 15.3 Å². The first-order chi connectivity index (χ1) is 12.2. The summed E-state index contributed by atoms with van der Waals surface area (Å²) in [5.41, 5.74) is 1.92. The van der Waals surface area contributed by atoms with E-state index in [0.717, 1.165) is 15.9 Å². The third kappa shape index (κ3) is 4.13. The van der Waals surface area contributed by atoms with E-state index in [2.05, 4.69) is 20.6 Å². The van der Waals surface area contributed by atoms with Crippen molar-refractivity contribution >= 4 is 40.2 Å². The maximum atomic E-state index is 12.2. The fraction of sp³-hybridized carbons (Fsp3) is 0.111. The van der Waals surface area contributed by atoms with E-state index in [1.807, 2.05) is 24.3 Å². The Morgan fingerprint density at radius 2 is 1.92 bits per heavy atom. The fourth-order valence-electron chi connectivity index (χ4n) is 2.31. The minimum atomic E-state index is -0.196. The Kier molecular flexibility index (Phi) is 5.25. The Hall–Kier alpha value is -2.93. The Morgan fingerprint density at radius 1 is 1.08 bits per heavy atom. The number of carbonyl (C=O) groups excluding carboxylic acids is 2. The average molecular weight is 352 g/mol. The van der Waals surface area contributed by atoms with E-state index >= 15 is 0 Å². The highest BCUT2D eigenvalue weighted by Gasteiger charge is 2.09. The van der Waals surface area contributed by atoms with Crippen molar-refractivity contribution in [3.63, 3.8) is 0 Å². The molecule has 3 rings (SSSR count). The van der Waals surface area contributed by atoms with Gasteiger partial charge in [-0.3, -0.25) is 9.59 Å². The second-order valence-electron chi connectivity index (χ2n) is 5.19. The normalized spacial score (nSPS) is 10.4. The van der Waals surface area contributed by atoms with E-state index in [4.69, 9.17) is 0 Å². The number of amides is 2. The quantitative estimate of drug-likeness (QED) is 0.545. The first-order valence-corrected chi connectivity index (χ1v) is 8.60. The van der Waals surface area contributed by atoms with Crippen molar-refractivity contribution in [3.05, 3.63) is 60.4 Å². The molecule has 6 nitrogen and oxygen atoms in total. The monoisotopic (exact) mass is 352 g/mol. The van der Waals surface area contributed by atoms with Gasteiger partial charge in [0.25, 0.3) is 5.91 Å². The van der Waals surface area contributed by atoms with Gasteiger partial charge >= 0.3 is 0 Å². The van der Waals surface area contributed by atoms with Gasteiger partial charge in [-0.25, -0.2) is 9.97 Å². The van der Waals surface area contributed by atoms with E-state index in [1.54, 1.807) is 31.3 Å². The van der Waals surface area contributed by atoms with Crippen molar-refractivity contribution in [1.29, 1.82) is 0 Å². The lowest BCUT2D eigenvalue weighted by molar-refractivity contribution is -0.113.